The number of amides is 2. The van der Waals surface area contributed by atoms with Crippen molar-refractivity contribution in [1.82, 2.24) is 10.2 Å². The first-order chi connectivity index (χ1) is 15.0. The number of hydrogen-bond acceptors (Lipinski definition) is 4. The van der Waals surface area contributed by atoms with Crippen molar-refractivity contribution in [2.24, 2.45) is 0 Å². The number of ether oxygens (including phenoxy) is 2. The minimum absolute atomic E-state index is 0.0301. The number of halogens is 1. The predicted molar refractivity (Wildman–Crippen MR) is 121 cm³/mol. The minimum atomic E-state index is -0.255. The quantitative estimate of drug-likeness (QED) is 0.645. The molecule has 2 aromatic carbocycles. The first kappa shape index (κ1) is 22.9. The lowest BCUT2D eigenvalue weighted by Crippen LogP contribution is -2.38. The van der Waals surface area contributed by atoms with E-state index >= 15 is 0 Å². The molecule has 0 aliphatic carbocycles. The molecular formula is C24H29ClN2O4. The zero-order valence-corrected chi connectivity index (χ0v) is 18.8. The Morgan fingerprint density at radius 3 is 2.52 bits per heavy atom. The molecule has 2 amide bonds. The van der Waals surface area contributed by atoms with Crippen molar-refractivity contribution < 1.29 is 19.1 Å². The van der Waals surface area contributed by atoms with Gasteiger partial charge < -0.3 is 19.7 Å². The van der Waals surface area contributed by atoms with Crippen molar-refractivity contribution in [3.05, 3.63) is 58.6 Å². The van der Waals surface area contributed by atoms with Crippen LogP contribution in [0.25, 0.3) is 0 Å². The Hall–Kier alpha value is -2.73. The lowest BCUT2D eigenvalue weighted by Gasteiger charge is -2.26. The molecule has 1 heterocycles. The van der Waals surface area contributed by atoms with E-state index < -0.39 is 0 Å². The van der Waals surface area contributed by atoms with Crippen LogP contribution < -0.4 is 14.8 Å². The Bertz CT molecular complexity index is 912. The van der Waals surface area contributed by atoms with Crippen molar-refractivity contribution in [3.8, 4) is 11.5 Å². The van der Waals surface area contributed by atoms with Crippen LogP contribution in [0.1, 0.15) is 55.1 Å². The van der Waals surface area contributed by atoms with Crippen LogP contribution in [0.15, 0.2) is 42.5 Å². The van der Waals surface area contributed by atoms with Crippen LogP contribution in [0.2, 0.25) is 5.02 Å². The van der Waals surface area contributed by atoms with E-state index in [1.54, 1.807) is 24.3 Å². The third kappa shape index (κ3) is 6.14. The summed E-state index contributed by atoms with van der Waals surface area (Å²) in [6.45, 7) is 5.67. The maximum Gasteiger partial charge on any atom is 0.260 e. The normalized spacial score (nSPS) is 14.6. The zero-order chi connectivity index (χ0) is 22.2. The molecule has 1 N–H and O–H groups in total. The summed E-state index contributed by atoms with van der Waals surface area (Å²) < 4.78 is 11.4. The zero-order valence-electron chi connectivity index (χ0n) is 18.0. The third-order valence-corrected chi connectivity index (χ3v) is 5.63. The van der Waals surface area contributed by atoms with Crippen molar-refractivity contribution in [2.75, 3.05) is 26.3 Å². The van der Waals surface area contributed by atoms with Crippen molar-refractivity contribution in [2.45, 2.75) is 39.2 Å². The Labute approximate surface area is 188 Å². The van der Waals surface area contributed by atoms with E-state index in [9.17, 15) is 9.59 Å². The van der Waals surface area contributed by atoms with Crippen molar-refractivity contribution in [3.63, 3.8) is 0 Å². The number of likely N-dealkylation sites (tertiary alicyclic amines) is 1. The molecule has 1 unspecified atom stereocenters. The lowest BCUT2D eigenvalue weighted by molar-refractivity contribution is -0.134. The van der Waals surface area contributed by atoms with Gasteiger partial charge in [0, 0.05) is 23.7 Å². The highest BCUT2D eigenvalue weighted by Gasteiger charge is 2.19. The van der Waals surface area contributed by atoms with E-state index in [4.69, 9.17) is 21.1 Å². The molecule has 0 radical (unpaired) electrons. The van der Waals surface area contributed by atoms with Gasteiger partial charge in [0.25, 0.3) is 11.8 Å². The number of benzene rings is 2. The molecule has 1 fully saturated rings. The smallest absolute Gasteiger partial charge is 0.260 e. The fourth-order valence-electron chi connectivity index (χ4n) is 3.59. The molecule has 0 saturated carbocycles. The number of carbonyl (C=O) groups is 2. The van der Waals surface area contributed by atoms with Gasteiger partial charge >= 0.3 is 0 Å². The van der Waals surface area contributed by atoms with Gasteiger partial charge in [-0.25, -0.2) is 0 Å². The summed E-state index contributed by atoms with van der Waals surface area (Å²) in [5.41, 5.74) is 1.29. The number of nitrogens with one attached hydrogen (secondary N) is 1. The number of hydrogen-bond donors (Lipinski definition) is 1. The van der Waals surface area contributed by atoms with Gasteiger partial charge in [0.1, 0.15) is 0 Å². The van der Waals surface area contributed by atoms with Crippen LogP contribution in [0.4, 0.5) is 0 Å². The fourth-order valence-corrected chi connectivity index (χ4v) is 3.89. The molecule has 0 spiro atoms. The summed E-state index contributed by atoms with van der Waals surface area (Å²) in [7, 11) is 0. The van der Waals surface area contributed by atoms with Crippen LogP contribution in [-0.4, -0.2) is 43.0 Å². The second-order valence-corrected chi connectivity index (χ2v) is 7.95. The highest BCUT2D eigenvalue weighted by molar-refractivity contribution is 6.31. The fraction of sp³-hybridized carbons (Fsp3) is 0.417. The number of nitrogens with zero attached hydrogens (tertiary/aromatic N) is 1. The summed E-state index contributed by atoms with van der Waals surface area (Å²) in [5, 5.41) is 3.56. The molecular weight excluding hydrogens is 416 g/mol. The molecule has 1 saturated heterocycles. The van der Waals surface area contributed by atoms with E-state index in [-0.39, 0.29) is 24.5 Å². The minimum Gasteiger partial charge on any atom is -0.490 e. The predicted octanol–water partition coefficient (Wildman–Crippen LogP) is 4.62. The van der Waals surface area contributed by atoms with Gasteiger partial charge in [0.2, 0.25) is 0 Å². The van der Waals surface area contributed by atoms with Crippen molar-refractivity contribution in [1.29, 1.82) is 0 Å². The van der Waals surface area contributed by atoms with E-state index in [0.29, 0.717) is 28.7 Å². The molecule has 7 heteroatoms. The van der Waals surface area contributed by atoms with Gasteiger partial charge in [0.15, 0.2) is 18.1 Å². The number of carbonyl (C=O) groups excluding carboxylic acids is 2. The van der Waals surface area contributed by atoms with Crippen LogP contribution in [0, 0.1) is 0 Å². The molecule has 166 valence electrons. The standard InChI is InChI=1S/C24H29ClN2O4/c1-3-30-22-15-18(24(29)26-17(2)19-9-5-6-10-20(19)25)11-12-21(22)31-16-23(28)27-13-7-4-8-14-27/h5-6,9-12,15,17H,3-4,7-8,13-14,16H2,1-2H3,(H,26,29). The van der Waals surface area contributed by atoms with Gasteiger partial charge in [0.05, 0.1) is 12.6 Å². The summed E-state index contributed by atoms with van der Waals surface area (Å²) in [4.78, 5) is 27.0. The number of rotatable bonds is 8. The van der Waals surface area contributed by atoms with Gasteiger partial charge in [-0.1, -0.05) is 29.8 Å². The van der Waals surface area contributed by atoms with Crippen molar-refractivity contribution >= 4 is 23.4 Å². The lowest BCUT2D eigenvalue weighted by atomic mass is 10.1. The van der Waals surface area contributed by atoms with Gasteiger partial charge in [-0.05, 0) is 62.9 Å². The Kier molecular flexibility index (Phi) is 8.18. The van der Waals surface area contributed by atoms with Crippen LogP contribution in [-0.2, 0) is 4.79 Å². The average molecular weight is 445 g/mol. The molecule has 2 aromatic rings. The average Bonchev–Trinajstić information content (AvgIpc) is 2.79. The Morgan fingerprint density at radius 1 is 1.06 bits per heavy atom. The molecule has 1 aliphatic heterocycles. The van der Waals surface area contributed by atoms with Crippen LogP contribution in [0.3, 0.4) is 0 Å². The Morgan fingerprint density at radius 2 is 1.81 bits per heavy atom. The summed E-state index contributed by atoms with van der Waals surface area (Å²) >= 11 is 6.23. The van der Waals surface area contributed by atoms with E-state index in [1.807, 2.05) is 36.9 Å². The van der Waals surface area contributed by atoms with Gasteiger partial charge in [-0.15, -0.1) is 0 Å². The molecule has 1 aliphatic rings. The first-order valence-corrected chi connectivity index (χ1v) is 11.1. The van der Waals surface area contributed by atoms with E-state index in [1.165, 1.54) is 0 Å². The van der Waals surface area contributed by atoms with Gasteiger partial charge in [-0.3, -0.25) is 9.59 Å². The van der Waals surface area contributed by atoms with E-state index in [0.717, 1.165) is 37.9 Å². The molecule has 6 nitrogen and oxygen atoms in total. The highest BCUT2D eigenvalue weighted by Crippen LogP contribution is 2.29. The molecule has 0 bridgehead atoms. The molecule has 0 aromatic heterocycles. The second-order valence-electron chi connectivity index (χ2n) is 7.54. The van der Waals surface area contributed by atoms with Crippen LogP contribution >= 0.6 is 11.6 Å². The highest BCUT2D eigenvalue weighted by atomic mass is 35.5. The molecule has 31 heavy (non-hydrogen) atoms. The SMILES string of the molecule is CCOc1cc(C(=O)NC(C)c2ccccc2Cl)ccc1OCC(=O)N1CCCCC1. The van der Waals surface area contributed by atoms with Crippen LogP contribution in [0.5, 0.6) is 11.5 Å². The number of piperidine rings is 1. The first-order valence-electron chi connectivity index (χ1n) is 10.7. The summed E-state index contributed by atoms with van der Waals surface area (Å²) in [5.74, 6) is 0.608. The summed E-state index contributed by atoms with van der Waals surface area (Å²) in [6, 6.07) is 12.1. The maximum absolute atomic E-state index is 12.8. The van der Waals surface area contributed by atoms with E-state index in [2.05, 4.69) is 5.32 Å². The Balaban J connectivity index is 1.66. The third-order valence-electron chi connectivity index (χ3n) is 5.28. The largest absolute Gasteiger partial charge is 0.490 e. The molecule has 3 rings (SSSR count). The van der Waals surface area contributed by atoms with Gasteiger partial charge in [-0.2, -0.15) is 0 Å². The topological polar surface area (TPSA) is 67.9 Å². The molecule has 1 atom stereocenters. The maximum atomic E-state index is 12.8. The monoisotopic (exact) mass is 444 g/mol. The summed E-state index contributed by atoms with van der Waals surface area (Å²) in [6.07, 6.45) is 3.23. The second kappa shape index (κ2) is 11.0.